The molecule has 0 aromatic heterocycles. The zero-order valence-corrected chi connectivity index (χ0v) is 39.5. The number of rotatable bonds is 18. The first-order valence-electron chi connectivity index (χ1n) is 24.0. The minimum atomic E-state index is -0.816. The maximum Gasteiger partial charge on any atom is 0.407 e. The average Bonchev–Trinajstić information content (AvgIpc) is 4.31. The molecule has 11 heteroatoms. The molecule has 0 spiro atoms. The first-order valence-corrected chi connectivity index (χ1v) is 24.0. The van der Waals surface area contributed by atoms with Crippen molar-refractivity contribution in [3.63, 3.8) is 0 Å². The molecule has 0 radical (unpaired) electrons. The van der Waals surface area contributed by atoms with Gasteiger partial charge in [0.05, 0.1) is 45.8 Å². The average molecular weight is 914 g/mol. The maximum atomic E-state index is 14.8. The fraction of sp³-hybridized carbons (Fsp3) is 0.386. The molecule has 0 unspecified atom stereocenters. The monoisotopic (exact) mass is 913 g/mol. The Bertz CT molecular complexity index is 2640. The van der Waals surface area contributed by atoms with Crippen LogP contribution in [-0.4, -0.2) is 36.8 Å². The minimum Gasteiger partial charge on any atom is -0.445 e. The summed E-state index contributed by atoms with van der Waals surface area (Å²) in [6, 6.07) is 47.0. The van der Waals surface area contributed by atoms with E-state index in [-0.39, 0.29) is 59.9 Å². The van der Waals surface area contributed by atoms with Crippen LogP contribution in [0.3, 0.4) is 0 Å². The van der Waals surface area contributed by atoms with E-state index in [4.69, 9.17) is 4.74 Å². The fourth-order valence-electron chi connectivity index (χ4n) is 11.0. The Morgan fingerprint density at radius 3 is 0.985 bits per heavy atom. The number of amides is 5. The van der Waals surface area contributed by atoms with Crippen LogP contribution in [0.25, 0.3) is 0 Å². The highest BCUT2D eigenvalue weighted by atomic mass is 16.5. The van der Waals surface area contributed by atoms with Crippen molar-refractivity contribution in [2.45, 2.75) is 84.2 Å². The topological polar surface area (TPSA) is 155 Å². The molecule has 0 saturated heterocycles. The Kier molecular flexibility index (Phi) is 12.5. The molecule has 352 valence electrons. The minimum absolute atomic E-state index is 0.0325. The first-order chi connectivity index (χ1) is 32.7. The molecule has 4 fully saturated rings. The highest BCUT2D eigenvalue weighted by molar-refractivity contribution is 5.90. The molecule has 0 heterocycles. The van der Waals surface area contributed by atoms with Gasteiger partial charge in [-0.05, 0) is 77.2 Å². The molecule has 0 aliphatic heterocycles. The molecule has 68 heavy (non-hydrogen) atoms. The van der Waals surface area contributed by atoms with Gasteiger partial charge in [0.15, 0.2) is 0 Å². The summed E-state index contributed by atoms with van der Waals surface area (Å²) < 4.78 is 5.63. The third-order valence-corrected chi connectivity index (χ3v) is 16.1. The summed E-state index contributed by atoms with van der Waals surface area (Å²) in [7, 11) is 1.65. The number of ether oxygens (including phenoxy) is 1. The van der Waals surface area contributed by atoms with Crippen LogP contribution < -0.4 is 26.6 Å². The lowest BCUT2D eigenvalue weighted by Gasteiger charge is -2.28. The van der Waals surface area contributed by atoms with Crippen LogP contribution in [0.4, 0.5) is 4.79 Å². The van der Waals surface area contributed by atoms with Gasteiger partial charge in [0.2, 0.25) is 23.6 Å². The van der Waals surface area contributed by atoms with E-state index in [0.717, 1.165) is 27.8 Å². The molecule has 9 rings (SSSR count). The van der Waals surface area contributed by atoms with Gasteiger partial charge < -0.3 is 31.3 Å². The zero-order valence-electron chi connectivity index (χ0n) is 39.5. The van der Waals surface area contributed by atoms with Crippen molar-refractivity contribution in [3.05, 3.63) is 179 Å². The number of nitrogens with one attached hydrogen (secondary N) is 5. The van der Waals surface area contributed by atoms with Gasteiger partial charge in [-0.15, -0.1) is 0 Å². The molecule has 12 atom stereocenters. The van der Waals surface area contributed by atoms with Crippen molar-refractivity contribution < 1.29 is 28.7 Å². The third-order valence-electron chi connectivity index (χ3n) is 16.1. The molecule has 5 amide bonds. The maximum absolute atomic E-state index is 14.8. The summed E-state index contributed by atoms with van der Waals surface area (Å²) in [5.41, 5.74) is 1.57. The van der Waals surface area contributed by atoms with Crippen LogP contribution in [0, 0.1) is 45.3 Å². The quantitative estimate of drug-likeness (QED) is 0.0591. The van der Waals surface area contributed by atoms with Crippen molar-refractivity contribution in [1.29, 1.82) is 0 Å². The Morgan fingerprint density at radius 1 is 0.426 bits per heavy atom. The van der Waals surface area contributed by atoms with Crippen molar-refractivity contribution in [2.24, 2.45) is 45.3 Å². The molecule has 5 aromatic rings. The number of carbonyl (C=O) groups excluding carboxylic acids is 5. The fourth-order valence-corrected chi connectivity index (χ4v) is 11.0. The number of carbonyl (C=O) groups is 5. The molecule has 11 nitrogen and oxygen atoms in total. The van der Waals surface area contributed by atoms with Gasteiger partial charge in [-0.3, -0.25) is 19.2 Å². The van der Waals surface area contributed by atoms with Gasteiger partial charge in [0.1, 0.15) is 6.61 Å². The molecule has 4 aliphatic rings. The Balaban J connectivity index is 0.902. The van der Waals surface area contributed by atoms with Crippen molar-refractivity contribution in [2.75, 3.05) is 7.05 Å². The van der Waals surface area contributed by atoms with Crippen LogP contribution in [0.1, 0.15) is 105 Å². The highest BCUT2D eigenvalue weighted by Crippen LogP contribution is 2.64. The Labute approximate surface area is 399 Å². The van der Waals surface area contributed by atoms with Crippen LogP contribution in [0.5, 0.6) is 0 Å². The highest BCUT2D eigenvalue weighted by Gasteiger charge is 2.66. The van der Waals surface area contributed by atoms with E-state index in [9.17, 15) is 24.0 Å². The van der Waals surface area contributed by atoms with Crippen molar-refractivity contribution in [3.8, 4) is 0 Å². The Hall–Kier alpha value is -6.75. The van der Waals surface area contributed by atoms with Gasteiger partial charge in [-0.25, -0.2) is 4.79 Å². The molecule has 5 aromatic carbocycles. The van der Waals surface area contributed by atoms with Crippen molar-refractivity contribution >= 4 is 29.7 Å². The van der Waals surface area contributed by atoms with Crippen LogP contribution in [-0.2, 0) is 30.5 Å². The number of alkyl carbamates (subject to hydrolysis) is 1. The van der Waals surface area contributed by atoms with Crippen LogP contribution >= 0.6 is 0 Å². The molecule has 5 N–H and O–H groups in total. The first kappa shape index (κ1) is 46.4. The Morgan fingerprint density at radius 2 is 0.691 bits per heavy atom. The molecule has 0 bridgehead atoms. The standard InChI is InChI=1S/C57H63N5O6/c1-54(49(63)58-5)31-41(54)45(37-23-13-7-14-24-37)59-50(64)55(2)32-42(55)46(38-25-15-8-16-26-38)60-51(65)56(3)33-43(56)47(39-27-17-9-18-28-39)61-52(66)57(4)34-44(57)48(40-29-19-10-20-30-40)62-53(67)68-35-36-21-11-6-12-22-36/h6-30,41-48H,31-35H2,1-5H3,(H,58,63)(H,59,64)(H,60,65)(H,61,66)(H,62,67)/t41-,42-,43-,44-,45-,46-,47-,48-,54-,55-,56-,57-/m1/s1. The molecular formula is C57H63N5O6. The third kappa shape index (κ3) is 9.15. The van der Waals surface area contributed by atoms with E-state index in [1.165, 1.54) is 0 Å². The summed E-state index contributed by atoms with van der Waals surface area (Å²) in [6.45, 7) is 7.97. The second kappa shape index (κ2) is 18.4. The predicted octanol–water partition coefficient (Wildman–Crippen LogP) is 9.08. The lowest BCUT2D eigenvalue weighted by atomic mass is 9.91. The number of benzene rings is 5. The van der Waals surface area contributed by atoms with E-state index in [1.54, 1.807) is 7.05 Å². The van der Waals surface area contributed by atoms with Gasteiger partial charge in [0, 0.05) is 7.05 Å². The van der Waals surface area contributed by atoms with Crippen LogP contribution in [0.2, 0.25) is 0 Å². The van der Waals surface area contributed by atoms with Gasteiger partial charge in [-0.2, -0.15) is 0 Å². The van der Waals surface area contributed by atoms with E-state index in [0.29, 0.717) is 25.7 Å². The SMILES string of the molecule is CNC(=O)[C@]1(C)C[C@@H]1[C@H](NC(=O)[C@]1(C)C[C@@H]1[C@H](NC(=O)[C@]1(C)C[C@@H]1[C@H](NC(=O)[C@]1(C)C[C@@H]1[C@H](NC(=O)OCc1ccccc1)c1ccccc1)c1ccccc1)c1ccccc1)c1ccccc1. The second-order valence-corrected chi connectivity index (χ2v) is 20.7. The summed E-state index contributed by atoms with van der Waals surface area (Å²) in [6.07, 6.45) is 1.78. The lowest BCUT2D eigenvalue weighted by Crippen LogP contribution is -2.42. The van der Waals surface area contributed by atoms with Crippen molar-refractivity contribution in [1.82, 2.24) is 26.6 Å². The van der Waals surface area contributed by atoms with Gasteiger partial charge >= 0.3 is 6.09 Å². The smallest absolute Gasteiger partial charge is 0.407 e. The summed E-state index contributed by atoms with van der Waals surface area (Å²) in [5, 5.41) is 16.1. The predicted molar refractivity (Wildman–Crippen MR) is 260 cm³/mol. The van der Waals surface area contributed by atoms with Gasteiger partial charge in [0.25, 0.3) is 0 Å². The van der Waals surface area contributed by atoms with E-state index in [2.05, 4.69) is 26.6 Å². The van der Waals surface area contributed by atoms with E-state index in [1.807, 2.05) is 179 Å². The normalized spacial score (nSPS) is 29.1. The van der Waals surface area contributed by atoms with Gasteiger partial charge in [-0.1, -0.05) is 179 Å². The van der Waals surface area contributed by atoms with E-state index >= 15 is 0 Å². The van der Waals surface area contributed by atoms with E-state index < -0.39 is 45.9 Å². The number of hydrogen-bond acceptors (Lipinski definition) is 6. The number of hydrogen-bond donors (Lipinski definition) is 5. The van der Waals surface area contributed by atoms with Crippen LogP contribution in [0.15, 0.2) is 152 Å². The molecule has 4 aliphatic carbocycles. The summed E-state index contributed by atoms with van der Waals surface area (Å²) >= 11 is 0. The summed E-state index contributed by atoms with van der Waals surface area (Å²) in [4.78, 5) is 70.2. The second-order valence-electron chi connectivity index (χ2n) is 20.7. The largest absolute Gasteiger partial charge is 0.445 e. The lowest BCUT2D eigenvalue weighted by molar-refractivity contribution is -0.130. The summed E-state index contributed by atoms with van der Waals surface area (Å²) in [5.74, 6) is -1.05. The molecule has 4 saturated carbocycles. The zero-order chi connectivity index (χ0) is 47.8. The molecular weight excluding hydrogens is 851 g/mol.